The second kappa shape index (κ2) is 18.6. The standard InChI is InChI=1S/C71H48N4/c1-3-13-47(14-4-1)53-17-11-19-55(41-53)49-25-29-51(30-26-49)70-61-22-7-8-23-62(61)71(52-31-27-50(28-32-52)56-20-12-18-54(42-56)48-15-5-2-6-16-48)64-43-57(33-36-63(64)70)58-34-37-66(73-44-58)67-38-35-59(45-74-67)75-68-24-10-9-21-60(68)65-46-72-40-39-69(65)75/h1-45,72H,46H2. The van der Waals surface area contributed by atoms with Crippen LogP contribution in [0, 0.1) is 0 Å². The minimum Gasteiger partial charge on any atom is -0.387 e. The fourth-order valence-electron chi connectivity index (χ4n) is 11.3. The third-order valence-corrected chi connectivity index (χ3v) is 15.0. The molecule has 75 heavy (non-hydrogen) atoms. The molecule has 0 amide bonds. The highest BCUT2D eigenvalue weighted by atomic mass is 15.0. The predicted octanol–water partition coefficient (Wildman–Crippen LogP) is 18.1. The maximum Gasteiger partial charge on any atom is 0.0887 e. The Balaban J connectivity index is 0.858. The Labute approximate surface area is 436 Å². The zero-order valence-corrected chi connectivity index (χ0v) is 41.0. The van der Waals surface area contributed by atoms with Crippen LogP contribution in [0.2, 0.25) is 0 Å². The van der Waals surface area contributed by atoms with Gasteiger partial charge in [-0.1, -0.05) is 206 Å². The van der Waals surface area contributed by atoms with Crippen LogP contribution in [-0.4, -0.2) is 14.5 Å². The fraction of sp³-hybridized carbons (Fsp3) is 0.0141. The van der Waals surface area contributed by atoms with E-state index in [-0.39, 0.29) is 0 Å². The van der Waals surface area contributed by atoms with Crippen LogP contribution in [0.5, 0.6) is 0 Å². The van der Waals surface area contributed by atoms with Gasteiger partial charge in [-0.3, -0.25) is 9.97 Å². The monoisotopic (exact) mass is 956 g/mol. The molecule has 13 aromatic rings. The lowest BCUT2D eigenvalue weighted by Crippen LogP contribution is -2.11. The Morgan fingerprint density at radius 1 is 0.320 bits per heavy atom. The number of hydrogen-bond donors (Lipinski definition) is 1. The summed E-state index contributed by atoms with van der Waals surface area (Å²) in [6.45, 7) is 0.801. The lowest BCUT2D eigenvalue weighted by atomic mass is 9.84. The third-order valence-electron chi connectivity index (χ3n) is 15.0. The minimum atomic E-state index is 0.801. The highest BCUT2D eigenvalue weighted by Crippen LogP contribution is 2.46. The van der Waals surface area contributed by atoms with E-state index in [0.717, 1.165) is 34.7 Å². The minimum absolute atomic E-state index is 0.801. The van der Waals surface area contributed by atoms with Crippen molar-refractivity contribution < 1.29 is 0 Å². The van der Waals surface area contributed by atoms with Crippen molar-refractivity contribution in [3.8, 4) is 95.0 Å². The number of pyridine rings is 2. The molecule has 3 aromatic heterocycles. The summed E-state index contributed by atoms with van der Waals surface area (Å²) >= 11 is 0. The van der Waals surface area contributed by atoms with E-state index in [4.69, 9.17) is 9.97 Å². The number of rotatable bonds is 9. The van der Waals surface area contributed by atoms with Crippen LogP contribution in [0.15, 0.2) is 267 Å². The van der Waals surface area contributed by atoms with Gasteiger partial charge in [0.2, 0.25) is 0 Å². The molecular formula is C71H48N4. The van der Waals surface area contributed by atoms with Gasteiger partial charge in [0.25, 0.3) is 0 Å². The van der Waals surface area contributed by atoms with Crippen molar-refractivity contribution in [3.05, 3.63) is 279 Å². The highest BCUT2D eigenvalue weighted by molar-refractivity contribution is 6.22. The molecule has 4 heterocycles. The second-order valence-electron chi connectivity index (χ2n) is 19.4. The summed E-state index contributed by atoms with van der Waals surface area (Å²) in [5.41, 5.74) is 22.8. The van der Waals surface area contributed by atoms with Gasteiger partial charge in [0.15, 0.2) is 0 Å². The molecule has 0 aliphatic carbocycles. The van der Waals surface area contributed by atoms with Crippen LogP contribution in [0.3, 0.4) is 0 Å². The molecule has 0 fully saturated rings. The molecule has 1 N–H and O–H groups in total. The molecule has 4 heteroatoms. The zero-order chi connectivity index (χ0) is 49.7. The first kappa shape index (κ1) is 43.9. The molecule has 352 valence electrons. The van der Waals surface area contributed by atoms with Crippen molar-refractivity contribution in [1.82, 2.24) is 19.9 Å². The summed E-state index contributed by atoms with van der Waals surface area (Å²) in [5, 5.41) is 9.45. The summed E-state index contributed by atoms with van der Waals surface area (Å²) in [6, 6.07) is 90.1. The molecule has 0 spiro atoms. The molecular weight excluding hydrogens is 909 g/mol. The average molecular weight is 957 g/mol. The number of hydrogen-bond acceptors (Lipinski definition) is 3. The van der Waals surface area contributed by atoms with E-state index in [1.54, 1.807) is 0 Å². The van der Waals surface area contributed by atoms with Crippen molar-refractivity contribution in [2.24, 2.45) is 0 Å². The average Bonchev–Trinajstić information content (AvgIpc) is 3.83. The van der Waals surface area contributed by atoms with Crippen LogP contribution in [0.4, 0.5) is 0 Å². The molecule has 14 rings (SSSR count). The van der Waals surface area contributed by atoms with Crippen LogP contribution < -0.4 is 5.32 Å². The van der Waals surface area contributed by atoms with Crippen LogP contribution >= 0.6 is 0 Å². The Morgan fingerprint density at radius 2 is 0.760 bits per heavy atom. The summed E-state index contributed by atoms with van der Waals surface area (Å²) in [6.07, 6.45) is 8.13. The van der Waals surface area contributed by atoms with E-state index in [0.29, 0.717) is 0 Å². The second-order valence-corrected chi connectivity index (χ2v) is 19.4. The predicted molar refractivity (Wildman–Crippen MR) is 313 cm³/mol. The normalized spacial score (nSPS) is 12.0. The molecule has 1 aliphatic rings. The van der Waals surface area contributed by atoms with Crippen molar-refractivity contribution in [2.75, 3.05) is 0 Å². The number of para-hydroxylation sites is 1. The molecule has 0 bridgehead atoms. The summed E-state index contributed by atoms with van der Waals surface area (Å²) < 4.78 is 2.30. The molecule has 0 saturated carbocycles. The Kier molecular flexibility index (Phi) is 10.9. The van der Waals surface area contributed by atoms with E-state index in [1.807, 2.05) is 18.6 Å². The fourth-order valence-corrected chi connectivity index (χ4v) is 11.3. The van der Waals surface area contributed by atoms with Gasteiger partial charge in [0.05, 0.1) is 34.5 Å². The van der Waals surface area contributed by atoms with E-state index in [2.05, 4.69) is 265 Å². The van der Waals surface area contributed by atoms with E-state index < -0.39 is 0 Å². The Morgan fingerprint density at radius 3 is 1.32 bits per heavy atom. The van der Waals surface area contributed by atoms with Gasteiger partial charge in [-0.05, 0) is 149 Å². The van der Waals surface area contributed by atoms with Crippen LogP contribution in [-0.2, 0) is 6.54 Å². The molecule has 0 saturated heterocycles. The molecule has 10 aromatic carbocycles. The summed E-state index contributed by atoms with van der Waals surface area (Å²) in [5.74, 6) is 0. The van der Waals surface area contributed by atoms with Crippen molar-refractivity contribution in [1.29, 1.82) is 0 Å². The Hall–Kier alpha value is -9.90. The van der Waals surface area contributed by atoms with Gasteiger partial charge < -0.3 is 9.88 Å². The quantitative estimate of drug-likeness (QED) is 0.147. The van der Waals surface area contributed by atoms with Gasteiger partial charge in [-0.25, -0.2) is 0 Å². The van der Waals surface area contributed by atoms with Gasteiger partial charge in [0.1, 0.15) is 0 Å². The van der Waals surface area contributed by atoms with Crippen molar-refractivity contribution in [2.45, 2.75) is 6.54 Å². The molecule has 1 aliphatic heterocycles. The van der Waals surface area contributed by atoms with Crippen LogP contribution in [0.1, 0.15) is 11.3 Å². The first-order valence-electron chi connectivity index (χ1n) is 25.7. The lowest BCUT2D eigenvalue weighted by molar-refractivity contribution is 0.855. The number of fused-ring (bicyclic) bond motifs is 5. The number of benzene rings is 10. The largest absolute Gasteiger partial charge is 0.387 e. The number of aromatic nitrogens is 3. The summed E-state index contributed by atoms with van der Waals surface area (Å²) in [4.78, 5) is 10.0. The molecule has 0 radical (unpaired) electrons. The summed E-state index contributed by atoms with van der Waals surface area (Å²) in [7, 11) is 0. The lowest BCUT2D eigenvalue weighted by Gasteiger charge is -2.19. The van der Waals surface area contributed by atoms with Gasteiger partial charge in [0, 0.05) is 29.3 Å². The number of nitrogens with zero attached hydrogens (tertiary/aromatic N) is 3. The Bertz CT molecular complexity index is 4290. The molecule has 4 nitrogen and oxygen atoms in total. The van der Waals surface area contributed by atoms with Crippen LogP contribution in [0.25, 0.3) is 133 Å². The SMILES string of the molecule is C1=Cc2c(c3ccccc3n2-c2ccc(-c3ccc(-c4ccc5c(-c6ccc(-c7cccc(-c8ccccc8)c7)cc6)c6ccccc6c(-c6ccc(-c7cccc(-c8ccccc8)c7)cc6)c5c4)cn3)nc2)CN1. The van der Waals surface area contributed by atoms with Crippen molar-refractivity contribution in [3.63, 3.8) is 0 Å². The zero-order valence-electron chi connectivity index (χ0n) is 41.0. The number of nitrogens with one attached hydrogen (secondary N) is 1. The topological polar surface area (TPSA) is 42.7 Å². The van der Waals surface area contributed by atoms with Gasteiger partial charge >= 0.3 is 0 Å². The van der Waals surface area contributed by atoms with Gasteiger partial charge in [-0.15, -0.1) is 0 Å². The first-order chi connectivity index (χ1) is 37.2. The van der Waals surface area contributed by atoms with Gasteiger partial charge in [-0.2, -0.15) is 0 Å². The van der Waals surface area contributed by atoms with E-state index in [1.165, 1.54) is 110 Å². The maximum absolute atomic E-state index is 5.04. The molecule has 0 atom stereocenters. The van der Waals surface area contributed by atoms with Crippen molar-refractivity contribution >= 4 is 38.5 Å². The van der Waals surface area contributed by atoms with E-state index >= 15 is 0 Å². The third kappa shape index (κ3) is 7.97. The van der Waals surface area contributed by atoms with E-state index in [9.17, 15) is 0 Å². The molecule has 0 unspecified atom stereocenters. The highest BCUT2D eigenvalue weighted by Gasteiger charge is 2.21. The smallest absolute Gasteiger partial charge is 0.0887 e. The maximum atomic E-state index is 5.04. The first-order valence-corrected chi connectivity index (χ1v) is 25.7.